The van der Waals surface area contributed by atoms with Gasteiger partial charge in [-0.2, -0.15) is 0 Å². The molecule has 0 saturated carbocycles. The van der Waals surface area contributed by atoms with Gasteiger partial charge in [-0.15, -0.1) is 11.8 Å². The molecular weight excluding hydrogens is 374 g/mol. The number of thioether (sulfide) groups is 1. The number of hydrogen-bond donors (Lipinski definition) is 0. The topological polar surface area (TPSA) is 68.4 Å². The fourth-order valence-corrected chi connectivity index (χ4v) is 4.23. The van der Waals surface area contributed by atoms with Gasteiger partial charge in [-0.1, -0.05) is 30.3 Å². The van der Waals surface area contributed by atoms with Crippen molar-refractivity contribution >= 4 is 34.3 Å². The molecule has 0 aliphatic carbocycles. The molecule has 1 heterocycles. The van der Waals surface area contributed by atoms with Crippen LogP contribution in [0.1, 0.15) is 19.4 Å². The van der Waals surface area contributed by atoms with E-state index in [1.807, 2.05) is 59.8 Å². The lowest BCUT2D eigenvalue weighted by atomic mass is 10.2. The summed E-state index contributed by atoms with van der Waals surface area (Å²) in [6.45, 7) is 5.66. The Kier molecular flexibility index (Phi) is 6.36. The quantitative estimate of drug-likeness (QED) is 0.314. The molecule has 3 rings (SSSR count). The predicted octanol–water partition coefficient (Wildman–Crippen LogP) is 4.71. The molecule has 3 aromatic rings. The Morgan fingerprint density at radius 3 is 2.61 bits per heavy atom. The average Bonchev–Trinajstić information content (AvgIpc) is 3.05. The molecule has 0 atom stereocenters. The number of rotatable bonds is 8. The van der Waals surface area contributed by atoms with E-state index in [9.17, 15) is 14.9 Å². The van der Waals surface area contributed by atoms with Gasteiger partial charge in [0.05, 0.1) is 4.92 Å². The fraction of sp³-hybridized carbons (Fsp3) is 0.286. The summed E-state index contributed by atoms with van der Waals surface area (Å²) in [6.07, 6.45) is 2.01. The van der Waals surface area contributed by atoms with Gasteiger partial charge in [0, 0.05) is 53.0 Å². The van der Waals surface area contributed by atoms with Crippen molar-refractivity contribution in [3.63, 3.8) is 0 Å². The minimum Gasteiger partial charge on any atom is -0.342 e. The summed E-state index contributed by atoms with van der Waals surface area (Å²) < 4.78 is 1.99. The smallest absolute Gasteiger partial charge is 0.269 e. The van der Waals surface area contributed by atoms with E-state index >= 15 is 0 Å². The number of hydrogen-bond acceptors (Lipinski definition) is 4. The number of non-ortho nitro benzene ring substituents is 1. The van der Waals surface area contributed by atoms with Crippen LogP contribution in [-0.4, -0.2) is 33.4 Å². The number of aromatic nitrogens is 1. The number of carbonyl (C=O) groups is 1. The monoisotopic (exact) mass is 397 g/mol. The third-order valence-corrected chi connectivity index (χ3v) is 5.80. The molecule has 0 N–H and O–H groups in total. The van der Waals surface area contributed by atoms with E-state index in [4.69, 9.17) is 0 Å². The second kappa shape index (κ2) is 8.93. The van der Waals surface area contributed by atoms with Crippen LogP contribution in [0.3, 0.4) is 0 Å². The van der Waals surface area contributed by atoms with Crippen molar-refractivity contribution in [3.8, 4) is 0 Å². The molecule has 0 aliphatic heterocycles. The van der Waals surface area contributed by atoms with Crippen LogP contribution in [0.5, 0.6) is 0 Å². The Morgan fingerprint density at radius 2 is 1.89 bits per heavy atom. The Bertz CT molecular complexity index is 995. The van der Waals surface area contributed by atoms with Crippen LogP contribution in [0.15, 0.2) is 59.6 Å². The van der Waals surface area contributed by atoms with E-state index in [0.29, 0.717) is 25.4 Å². The Hall–Kier alpha value is -2.80. The molecule has 2 aromatic carbocycles. The average molecular weight is 398 g/mol. The molecular formula is C21H23N3O3S. The van der Waals surface area contributed by atoms with Gasteiger partial charge in [-0.05, 0) is 25.5 Å². The predicted molar refractivity (Wildman–Crippen MR) is 113 cm³/mol. The van der Waals surface area contributed by atoms with Gasteiger partial charge in [-0.3, -0.25) is 14.9 Å². The van der Waals surface area contributed by atoms with Gasteiger partial charge in [0.1, 0.15) is 6.54 Å². The SMILES string of the molecule is CCN(CC)C(=O)Cn1cc(SCc2cccc([N+](=O)[O-])c2)c2ccccc21. The summed E-state index contributed by atoms with van der Waals surface area (Å²) in [5, 5.41) is 12.1. The van der Waals surface area contributed by atoms with E-state index in [1.165, 1.54) is 6.07 Å². The number of nitrogens with zero attached hydrogens (tertiary/aromatic N) is 3. The normalized spacial score (nSPS) is 10.9. The number of amides is 1. The molecule has 7 heteroatoms. The zero-order valence-corrected chi connectivity index (χ0v) is 16.8. The van der Waals surface area contributed by atoms with E-state index in [-0.39, 0.29) is 16.5 Å². The van der Waals surface area contributed by atoms with Crippen molar-refractivity contribution in [1.29, 1.82) is 0 Å². The summed E-state index contributed by atoms with van der Waals surface area (Å²) in [5.41, 5.74) is 2.02. The maximum Gasteiger partial charge on any atom is 0.269 e. The number of fused-ring (bicyclic) bond motifs is 1. The van der Waals surface area contributed by atoms with Crippen LogP contribution in [-0.2, 0) is 17.1 Å². The summed E-state index contributed by atoms with van der Waals surface area (Å²) in [5.74, 6) is 0.723. The number of benzene rings is 2. The lowest BCUT2D eigenvalue weighted by Crippen LogP contribution is -2.33. The maximum absolute atomic E-state index is 12.5. The third kappa shape index (κ3) is 4.36. The van der Waals surface area contributed by atoms with Crippen LogP contribution >= 0.6 is 11.8 Å². The molecule has 0 radical (unpaired) electrons. The first-order valence-corrected chi connectivity index (χ1v) is 10.2. The Labute approximate surface area is 168 Å². The van der Waals surface area contributed by atoms with Crippen LogP contribution < -0.4 is 0 Å². The van der Waals surface area contributed by atoms with Crippen LogP contribution in [0.25, 0.3) is 10.9 Å². The van der Waals surface area contributed by atoms with Gasteiger partial charge in [0.25, 0.3) is 5.69 Å². The minimum absolute atomic E-state index is 0.0981. The first-order valence-electron chi connectivity index (χ1n) is 9.25. The van der Waals surface area contributed by atoms with Crippen molar-refractivity contribution < 1.29 is 9.72 Å². The Balaban J connectivity index is 1.83. The van der Waals surface area contributed by atoms with Crippen LogP contribution in [0.2, 0.25) is 0 Å². The fourth-order valence-electron chi connectivity index (χ4n) is 3.20. The van der Waals surface area contributed by atoms with Crippen molar-refractivity contribution in [1.82, 2.24) is 9.47 Å². The molecule has 0 aliphatic rings. The second-order valence-electron chi connectivity index (χ2n) is 6.42. The van der Waals surface area contributed by atoms with Crippen LogP contribution in [0.4, 0.5) is 5.69 Å². The lowest BCUT2D eigenvalue weighted by Gasteiger charge is -2.19. The third-order valence-electron chi connectivity index (χ3n) is 4.69. The first-order chi connectivity index (χ1) is 13.5. The van der Waals surface area contributed by atoms with Crippen molar-refractivity contribution in [3.05, 3.63) is 70.4 Å². The van der Waals surface area contributed by atoms with Crippen LogP contribution in [0, 0.1) is 10.1 Å². The number of carbonyl (C=O) groups excluding carboxylic acids is 1. The van der Waals surface area contributed by atoms with Gasteiger partial charge in [-0.25, -0.2) is 0 Å². The molecule has 0 fully saturated rings. The highest BCUT2D eigenvalue weighted by Gasteiger charge is 2.15. The lowest BCUT2D eigenvalue weighted by molar-refractivity contribution is -0.384. The Morgan fingerprint density at radius 1 is 1.14 bits per heavy atom. The molecule has 6 nitrogen and oxygen atoms in total. The number of nitro benzene ring substituents is 1. The second-order valence-corrected chi connectivity index (χ2v) is 7.44. The highest BCUT2D eigenvalue weighted by molar-refractivity contribution is 7.98. The molecule has 0 saturated heterocycles. The summed E-state index contributed by atoms with van der Waals surface area (Å²) >= 11 is 1.62. The zero-order valence-electron chi connectivity index (χ0n) is 16.0. The van der Waals surface area contributed by atoms with Gasteiger partial charge < -0.3 is 9.47 Å². The van der Waals surface area contributed by atoms with Gasteiger partial charge in [0.2, 0.25) is 5.91 Å². The zero-order chi connectivity index (χ0) is 20.1. The molecule has 0 bridgehead atoms. The molecule has 0 unspecified atom stereocenters. The molecule has 28 heavy (non-hydrogen) atoms. The molecule has 1 amide bonds. The number of nitro groups is 1. The number of para-hydroxylation sites is 1. The molecule has 146 valence electrons. The first kappa shape index (κ1) is 19.9. The van der Waals surface area contributed by atoms with Crippen molar-refractivity contribution in [2.75, 3.05) is 13.1 Å². The van der Waals surface area contributed by atoms with Gasteiger partial charge >= 0.3 is 0 Å². The van der Waals surface area contributed by atoms with E-state index < -0.39 is 0 Å². The van der Waals surface area contributed by atoms with Gasteiger partial charge in [0.15, 0.2) is 0 Å². The minimum atomic E-state index is -0.376. The van der Waals surface area contributed by atoms with Crippen molar-refractivity contribution in [2.24, 2.45) is 0 Å². The molecule has 0 spiro atoms. The number of likely N-dealkylation sites (N-methyl/N-ethyl adjacent to an activating group) is 1. The summed E-state index contributed by atoms with van der Waals surface area (Å²) in [6, 6.07) is 14.7. The molecule has 1 aromatic heterocycles. The highest BCUT2D eigenvalue weighted by atomic mass is 32.2. The largest absolute Gasteiger partial charge is 0.342 e. The highest BCUT2D eigenvalue weighted by Crippen LogP contribution is 2.32. The summed E-state index contributed by atoms with van der Waals surface area (Å²) in [4.78, 5) is 26.0. The standard InChI is InChI=1S/C21H23N3O3S/c1-3-22(4-2)21(25)14-23-13-20(18-10-5-6-11-19(18)23)28-15-16-8-7-9-17(12-16)24(26)27/h5-13H,3-4,14-15H2,1-2H3. The maximum atomic E-state index is 12.5. The van der Waals surface area contributed by atoms with E-state index in [0.717, 1.165) is 21.4 Å². The van der Waals surface area contributed by atoms with E-state index in [1.54, 1.807) is 23.9 Å². The summed E-state index contributed by atoms with van der Waals surface area (Å²) in [7, 11) is 0. The van der Waals surface area contributed by atoms with E-state index in [2.05, 4.69) is 0 Å². The van der Waals surface area contributed by atoms with Crippen molar-refractivity contribution in [2.45, 2.75) is 31.0 Å².